The molecule has 0 saturated heterocycles. The zero-order valence-corrected chi connectivity index (χ0v) is 18.6. The first-order valence-corrected chi connectivity index (χ1v) is 9.44. The highest BCUT2D eigenvalue weighted by Gasteiger charge is 2.40. The number of nitrogens with zero attached hydrogens (tertiary/aromatic N) is 1. The summed E-state index contributed by atoms with van der Waals surface area (Å²) in [7, 11) is 0. The highest BCUT2D eigenvalue weighted by molar-refractivity contribution is 6.28. The Bertz CT molecular complexity index is 801. The van der Waals surface area contributed by atoms with E-state index >= 15 is 0 Å². The fourth-order valence-corrected chi connectivity index (χ4v) is 2.15. The van der Waals surface area contributed by atoms with Crippen molar-refractivity contribution >= 4 is 30.2 Å². The number of rotatable bonds is 1. The van der Waals surface area contributed by atoms with Crippen LogP contribution in [-0.4, -0.2) is 52.9 Å². The van der Waals surface area contributed by atoms with Crippen molar-refractivity contribution in [3.8, 4) is 0 Å². The first-order valence-electron chi connectivity index (χ1n) is 9.44. The van der Waals surface area contributed by atoms with Gasteiger partial charge in [-0.2, -0.15) is 4.90 Å². The van der Waals surface area contributed by atoms with Crippen molar-refractivity contribution in [1.82, 2.24) is 4.90 Å². The minimum Gasteiger partial charge on any atom is -0.449 e. The third-order valence-corrected chi connectivity index (χ3v) is 3.19. The fraction of sp³-hybridized carbons (Fsp3) is 0.476. The lowest BCUT2D eigenvalue weighted by Gasteiger charge is -2.20. The average molecular weight is 437 g/mol. The van der Waals surface area contributed by atoms with Crippen LogP contribution in [0.15, 0.2) is 24.3 Å². The van der Waals surface area contributed by atoms with Gasteiger partial charge in [-0.05, 0) is 60.6 Å². The maximum absolute atomic E-state index is 11.7. The molecule has 0 atom stereocenters. The van der Waals surface area contributed by atoms with Gasteiger partial charge < -0.3 is 18.9 Å². The van der Waals surface area contributed by atoms with E-state index in [9.17, 15) is 24.0 Å². The first-order chi connectivity index (χ1) is 14.2. The summed E-state index contributed by atoms with van der Waals surface area (Å²) in [4.78, 5) is 57.4. The van der Waals surface area contributed by atoms with Crippen LogP contribution >= 0.6 is 0 Å². The van der Waals surface area contributed by atoms with Crippen LogP contribution in [-0.2, 0) is 18.9 Å². The Morgan fingerprint density at radius 1 is 0.806 bits per heavy atom. The second-order valence-corrected chi connectivity index (χ2v) is 8.22. The molecule has 10 heteroatoms. The molecule has 0 fully saturated rings. The fourth-order valence-electron chi connectivity index (χ4n) is 2.15. The second-order valence-electron chi connectivity index (χ2n) is 8.22. The number of ether oxygens (including phenoxy) is 4. The SMILES string of the molecule is CC(C)(C)OC(=O)OC(=O)OC(C)(C)C.CCOC(=O)N1C(=O)c2ccccc2C1=O. The van der Waals surface area contributed by atoms with Gasteiger partial charge in [0.2, 0.25) is 0 Å². The number of amides is 3. The van der Waals surface area contributed by atoms with E-state index in [1.807, 2.05) is 0 Å². The van der Waals surface area contributed by atoms with E-state index in [4.69, 9.17) is 9.47 Å². The molecular weight excluding hydrogens is 410 g/mol. The topological polar surface area (TPSA) is 126 Å². The van der Waals surface area contributed by atoms with Crippen LogP contribution in [0.5, 0.6) is 0 Å². The van der Waals surface area contributed by atoms with E-state index in [2.05, 4.69) is 9.47 Å². The molecule has 0 radical (unpaired) electrons. The summed E-state index contributed by atoms with van der Waals surface area (Å²) in [6.07, 6.45) is -3.04. The Balaban J connectivity index is 0.000000311. The van der Waals surface area contributed by atoms with Crippen LogP contribution in [0.25, 0.3) is 0 Å². The molecular formula is C21H27NO9. The number of imide groups is 3. The lowest BCUT2D eigenvalue weighted by Crippen LogP contribution is -2.36. The monoisotopic (exact) mass is 437 g/mol. The van der Waals surface area contributed by atoms with Crippen molar-refractivity contribution in [1.29, 1.82) is 0 Å². The van der Waals surface area contributed by atoms with Crippen LogP contribution in [0.3, 0.4) is 0 Å². The molecule has 1 aliphatic heterocycles. The van der Waals surface area contributed by atoms with E-state index in [1.54, 1.807) is 60.6 Å². The number of carbonyl (C=O) groups excluding carboxylic acids is 5. The van der Waals surface area contributed by atoms with E-state index in [-0.39, 0.29) is 17.7 Å². The summed E-state index contributed by atoms with van der Waals surface area (Å²) in [5.41, 5.74) is -0.917. The zero-order chi connectivity index (χ0) is 24.0. The van der Waals surface area contributed by atoms with Crippen LogP contribution in [0.4, 0.5) is 14.4 Å². The largest absolute Gasteiger partial charge is 0.519 e. The Labute approximate surface area is 180 Å². The van der Waals surface area contributed by atoms with Crippen LogP contribution in [0.2, 0.25) is 0 Å². The molecule has 0 N–H and O–H groups in total. The molecule has 0 spiro atoms. The minimum atomic E-state index is -1.06. The Kier molecular flexibility index (Phi) is 8.30. The summed E-state index contributed by atoms with van der Waals surface area (Å²) in [6.45, 7) is 11.7. The van der Waals surface area contributed by atoms with Gasteiger partial charge in [-0.1, -0.05) is 12.1 Å². The van der Waals surface area contributed by atoms with Gasteiger partial charge in [-0.3, -0.25) is 9.59 Å². The molecule has 1 aromatic carbocycles. The highest BCUT2D eigenvalue weighted by Crippen LogP contribution is 2.22. The predicted octanol–water partition coefficient (Wildman–Crippen LogP) is 4.31. The lowest BCUT2D eigenvalue weighted by atomic mass is 10.1. The van der Waals surface area contributed by atoms with Gasteiger partial charge in [0.1, 0.15) is 11.2 Å². The predicted molar refractivity (Wildman–Crippen MR) is 108 cm³/mol. The number of hydrogen-bond acceptors (Lipinski definition) is 9. The standard InChI is InChI=1S/C11H9NO4.C10H18O5/c1-2-16-11(15)12-9(13)7-5-3-4-6-8(7)10(12)14;1-9(2,3)14-7(11)13-8(12)15-10(4,5)6/h3-6H,2H2,1H3;1-6H3. The van der Waals surface area contributed by atoms with Crippen LogP contribution in [0.1, 0.15) is 69.2 Å². The molecule has 31 heavy (non-hydrogen) atoms. The Morgan fingerprint density at radius 3 is 1.52 bits per heavy atom. The van der Waals surface area contributed by atoms with E-state index in [0.29, 0.717) is 4.90 Å². The molecule has 170 valence electrons. The van der Waals surface area contributed by atoms with E-state index in [0.717, 1.165) is 0 Å². The van der Waals surface area contributed by atoms with Crippen molar-refractivity contribution in [2.45, 2.75) is 59.7 Å². The number of hydrogen-bond donors (Lipinski definition) is 0. The third kappa shape index (κ3) is 8.07. The maximum Gasteiger partial charge on any atom is 0.519 e. The quantitative estimate of drug-likeness (QED) is 0.273. The molecule has 1 aromatic rings. The maximum atomic E-state index is 11.7. The van der Waals surface area contributed by atoms with Crippen LogP contribution in [0, 0.1) is 0 Å². The summed E-state index contributed by atoms with van der Waals surface area (Å²) < 4.78 is 18.4. The van der Waals surface area contributed by atoms with Gasteiger partial charge in [-0.15, -0.1) is 0 Å². The Hall–Kier alpha value is -3.43. The van der Waals surface area contributed by atoms with Crippen molar-refractivity contribution in [2.24, 2.45) is 0 Å². The number of benzene rings is 1. The molecule has 0 unspecified atom stereocenters. The average Bonchev–Trinajstić information content (AvgIpc) is 2.83. The molecule has 0 aromatic heterocycles. The summed E-state index contributed by atoms with van der Waals surface area (Å²) >= 11 is 0. The van der Waals surface area contributed by atoms with E-state index in [1.165, 1.54) is 12.1 Å². The minimum absolute atomic E-state index is 0.117. The zero-order valence-electron chi connectivity index (χ0n) is 18.6. The molecule has 1 heterocycles. The molecule has 0 saturated carbocycles. The second kappa shape index (κ2) is 10.1. The number of fused-ring (bicyclic) bond motifs is 1. The molecule has 3 amide bonds. The van der Waals surface area contributed by atoms with Gasteiger partial charge >= 0.3 is 18.4 Å². The normalized spacial score (nSPS) is 12.9. The summed E-state index contributed by atoms with van der Waals surface area (Å²) in [6, 6.07) is 6.29. The van der Waals surface area contributed by atoms with Gasteiger partial charge in [0.05, 0.1) is 17.7 Å². The third-order valence-electron chi connectivity index (χ3n) is 3.19. The first kappa shape index (κ1) is 25.6. The molecule has 0 bridgehead atoms. The highest BCUT2D eigenvalue weighted by atomic mass is 16.8. The smallest absolute Gasteiger partial charge is 0.449 e. The summed E-state index contributed by atoms with van der Waals surface area (Å²) in [5.74, 6) is -1.25. The van der Waals surface area contributed by atoms with Gasteiger partial charge in [0.15, 0.2) is 0 Å². The van der Waals surface area contributed by atoms with Crippen molar-refractivity contribution < 1.29 is 42.9 Å². The van der Waals surface area contributed by atoms with E-state index < -0.39 is 41.4 Å². The van der Waals surface area contributed by atoms with Crippen molar-refractivity contribution in [3.63, 3.8) is 0 Å². The Morgan fingerprint density at radius 2 is 1.19 bits per heavy atom. The lowest BCUT2D eigenvalue weighted by molar-refractivity contribution is -0.0294. The molecule has 0 aliphatic carbocycles. The van der Waals surface area contributed by atoms with Gasteiger partial charge in [-0.25, -0.2) is 14.4 Å². The van der Waals surface area contributed by atoms with Crippen LogP contribution < -0.4 is 0 Å². The molecule has 10 nitrogen and oxygen atoms in total. The van der Waals surface area contributed by atoms with Gasteiger partial charge in [0, 0.05) is 0 Å². The summed E-state index contributed by atoms with van der Waals surface area (Å²) in [5, 5.41) is 0. The van der Waals surface area contributed by atoms with Crippen molar-refractivity contribution in [3.05, 3.63) is 35.4 Å². The molecule has 2 rings (SSSR count). The van der Waals surface area contributed by atoms with Crippen molar-refractivity contribution in [2.75, 3.05) is 6.61 Å². The number of carbonyl (C=O) groups is 5. The molecule has 1 aliphatic rings. The van der Waals surface area contributed by atoms with Gasteiger partial charge in [0.25, 0.3) is 11.8 Å².